The molecular formula is C15H23ClN2O2. The molecule has 2 rings (SSSR count). The van der Waals surface area contributed by atoms with Gasteiger partial charge in [0.05, 0.1) is 19.3 Å². The van der Waals surface area contributed by atoms with Gasteiger partial charge >= 0.3 is 0 Å². The minimum atomic E-state index is -0.0389. The first-order valence-electron chi connectivity index (χ1n) is 7.10. The van der Waals surface area contributed by atoms with Crippen LogP contribution in [0, 0.1) is 0 Å². The lowest BCUT2D eigenvalue weighted by Gasteiger charge is -2.33. The van der Waals surface area contributed by atoms with E-state index in [4.69, 9.17) is 21.4 Å². The Morgan fingerprint density at radius 2 is 2.40 bits per heavy atom. The first-order valence-corrected chi connectivity index (χ1v) is 7.48. The lowest BCUT2D eigenvalue weighted by molar-refractivity contribution is -0.0533. The number of benzene rings is 1. The molecule has 2 unspecified atom stereocenters. The Morgan fingerprint density at radius 1 is 1.55 bits per heavy atom. The van der Waals surface area contributed by atoms with Crippen molar-refractivity contribution >= 4 is 11.6 Å². The topological polar surface area (TPSA) is 44.7 Å². The highest BCUT2D eigenvalue weighted by molar-refractivity contribution is 6.30. The van der Waals surface area contributed by atoms with Crippen molar-refractivity contribution in [3.05, 3.63) is 34.9 Å². The SMILES string of the molecule is CNC(CCN1CCOC(CO)C1)c1cccc(Cl)c1. The molecule has 1 aromatic rings. The predicted octanol–water partition coefficient (Wildman–Crippen LogP) is 1.68. The van der Waals surface area contributed by atoms with Crippen molar-refractivity contribution in [3.8, 4) is 0 Å². The predicted molar refractivity (Wildman–Crippen MR) is 81.1 cm³/mol. The summed E-state index contributed by atoms with van der Waals surface area (Å²) in [5, 5.41) is 13.3. The molecule has 5 heteroatoms. The third-order valence-corrected chi connectivity index (χ3v) is 4.00. The Balaban J connectivity index is 1.87. The molecular weight excluding hydrogens is 276 g/mol. The molecule has 0 aromatic heterocycles. The van der Waals surface area contributed by atoms with Crippen LogP contribution in [0.3, 0.4) is 0 Å². The van der Waals surface area contributed by atoms with Crippen LogP contribution in [0.5, 0.6) is 0 Å². The molecule has 2 N–H and O–H groups in total. The summed E-state index contributed by atoms with van der Waals surface area (Å²) in [6.45, 7) is 3.52. The van der Waals surface area contributed by atoms with Crippen LogP contribution in [0.25, 0.3) is 0 Å². The summed E-state index contributed by atoms with van der Waals surface area (Å²) in [5.41, 5.74) is 1.21. The van der Waals surface area contributed by atoms with E-state index in [1.165, 1.54) is 5.56 Å². The lowest BCUT2D eigenvalue weighted by atomic mass is 10.0. The molecule has 0 amide bonds. The fraction of sp³-hybridized carbons (Fsp3) is 0.600. The molecule has 0 saturated carbocycles. The van der Waals surface area contributed by atoms with Crippen LogP contribution in [0.15, 0.2) is 24.3 Å². The van der Waals surface area contributed by atoms with Crippen LogP contribution in [0.1, 0.15) is 18.0 Å². The van der Waals surface area contributed by atoms with Crippen LogP contribution in [0.2, 0.25) is 5.02 Å². The number of rotatable bonds is 6. The number of morpholine rings is 1. The van der Waals surface area contributed by atoms with E-state index in [2.05, 4.69) is 16.3 Å². The lowest BCUT2D eigenvalue weighted by Crippen LogP contribution is -2.44. The van der Waals surface area contributed by atoms with E-state index >= 15 is 0 Å². The minimum Gasteiger partial charge on any atom is -0.394 e. The zero-order valence-electron chi connectivity index (χ0n) is 11.9. The number of nitrogens with one attached hydrogen (secondary N) is 1. The summed E-state index contributed by atoms with van der Waals surface area (Å²) in [6, 6.07) is 8.29. The zero-order chi connectivity index (χ0) is 14.4. The van der Waals surface area contributed by atoms with Gasteiger partial charge in [0.15, 0.2) is 0 Å². The van der Waals surface area contributed by atoms with E-state index in [9.17, 15) is 0 Å². The summed E-state index contributed by atoms with van der Waals surface area (Å²) in [6.07, 6.45) is 0.970. The van der Waals surface area contributed by atoms with E-state index in [-0.39, 0.29) is 12.7 Å². The molecule has 1 aliphatic rings. The standard InChI is InChI=1S/C15H23ClN2O2/c1-17-15(12-3-2-4-13(16)9-12)5-6-18-7-8-20-14(10-18)11-19/h2-4,9,14-15,17,19H,5-8,10-11H2,1H3. The number of nitrogens with zero attached hydrogens (tertiary/aromatic N) is 1. The quantitative estimate of drug-likeness (QED) is 0.839. The van der Waals surface area contributed by atoms with Gasteiger partial charge in [0.2, 0.25) is 0 Å². The summed E-state index contributed by atoms with van der Waals surface area (Å²) in [5.74, 6) is 0. The van der Waals surface area contributed by atoms with Crippen LogP contribution in [-0.4, -0.2) is 56.0 Å². The van der Waals surface area contributed by atoms with Gasteiger partial charge in [0, 0.05) is 30.7 Å². The van der Waals surface area contributed by atoms with Gasteiger partial charge in [-0.15, -0.1) is 0 Å². The molecule has 1 saturated heterocycles. The summed E-state index contributed by atoms with van der Waals surface area (Å²) >= 11 is 6.05. The van der Waals surface area contributed by atoms with Gasteiger partial charge in [0.25, 0.3) is 0 Å². The molecule has 112 valence electrons. The number of ether oxygens (including phenoxy) is 1. The van der Waals surface area contributed by atoms with Crippen molar-refractivity contribution in [2.75, 3.05) is 39.9 Å². The molecule has 1 heterocycles. The van der Waals surface area contributed by atoms with E-state index < -0.39 is 0 Å². The highest BCUT2D eigenvalue weighted by atomic mass is 35.5. The molecule has 20 heavy (non-hydrogen) atoms. The van der Waals surface area contributed by atoms with E-state index in [1.54, 1.807) is 0 Å². The van der Waals surface area contributed by atoms with Crippen LogP contribution in [-0.2, 0) is 4.74 Å². The number of aliphatic hydroxyl groups excluding tert-OH is 1. The third kappa shape index (κ3) is 4.43. The third-order valence-electron chi connectivity index (χ3n) is 3.76. The molecule has 1 fully saturated rings. The van der Waals surface area contributed by atoms with Gasteiger partial charge in [-0.2, -0.15) is 0 Å². The molecule has 0 aliphatic carbocycles. The van der Waals surface area contributed by atoms with Crippen molar-refractivity contribution in [1.29, 1.82) is 0 Å². The number of hydrogen-bond acceptors (Lipinski definition) is 4. The van der Waals surface area contributed by atoms with Crippen molar-refractivity contribution in [1.82, 2.24) is 10.2 Å². The number of aliphatic hydroxyl groups is 1. The normalized spacial score (nSPS) is 21.9. The molecule has 1 aliphatic heterocycles. The summed E-state index contributed by atoms with van der Waals surface area (Å²) < 4.78 is 5.47. The minimum absolute atomic E-state index is 0.0389. The Kier molecular flexibility index (Phi) is 6.26. The highest BCUT2D eigenvalue weighted by Gasteiger charge is 2.20. The smallest absolute Gasteiger partial charge is 0.0932 e. The maximum absolute atomic E-state index is 9.16. The van der Waals surface area contributed by atoms with Crippen LogP contribution >= 0.6 is 11.6 Å². The second kappa shape index (κ2) is 7.96. The maximum atomic E-state index is 9.16. The van der Waals surface area contributed by atoms with Gasteiger partial charge in [-0.25, -0.2) is 0 Å². The molecule has 2 atom stereocenters. The van der Waals surface area contributed by atoms with Gasteiger partial charge in [0.1, 0.15) is 0 Å². The summed E-state index contributed by atoms with van der Waals surface area (Å²) in [4.78, 5) is 2.35. The molecule has 1 aromatic carbocycles. The number of halogens is 1. The van der Waals surface area contributed by atoms with E-state index in [1.807, 2.05) is 25.2 Å². The molecule has 0 radical (unpaired) electrons. The first-order chi connectivity index (χ1) is 9.72. The second-order valence-corrected chi connectivity index (χ2v) is 5.60. The number of hydrogen-bond donors (Lipinski definition) is 2. The van der Waals surface area contributed by atoms with E-state index in [0.29, 0.717) is 12.6 Å². The van der Waals surface area contributed by atoms with Crippen LogP contribution in [0.4, 0.5) is 0 Å². The van der Waals surface area contributed by atoms with Crippen molar-refractivity contribution in [2.45, 2.75) is 18.6 Å². The highest BCUT2D eigenvalue weighted by Crippen LogP contribution is 2.21. The Labute approximate surface area is 125 Å². The zero-order valence-corrected chi connectivity index (χ0v) is 12.6. The average Bonchev–Trinajstić information content (AvgIpc) is 2.48. The molecule has 0 spiro atoms. The van der Waals surface area contributed by atoms with Crippen LogP contribution < -0.4 is 5.32 Å². The monoisotopic (exact) mass is 298 g/mol. The largest absolute Gasteiger partial charge is 0.394 e. The summed E-state index contributed by atoms with van der Waals surface area (Å²) in [7, 11) is 1.97. The average molecular weight is 299 g/mol. The Bertz CT molecular complexity index is 417. The Morgan fingerprint density at radius 3 is 3.10 bits per heavy atom. The van der Waals surface area contributed by atoms with Crippen molar-refractivity contribution in [2.24, 2.45) is 0 Å². The maximum Gasteiger partial charge on any atom is 0.0932 e. The van der Waals surface area contributed by atoms with Gasteiger partial charge in [-0.3, -0.25) is 4.90 Å². The first kappa shape index (κ1) is 15.7. The van der Waals surface area contributed by atoms with Gasteiger partial charge in [-0.1, -0.05) is 23.7 Å². The molecule has 4 nitrogen and oxygen atoms in total. The van der Waals surface area contributed by atoms with Crippen molar-refractivity contribution in [3.63, 3.8) is 0 Å². The second-order valence-electron chi connectivity index (χ2n) is 5.16. The Hall–Kier alpha value is -0.650. The fourth-order valence-electron chi connectivity index (χ4n) is 2.61. The molecule has 0 bridgehead atoms. The fourth-order valence-corrected chi connectivity index (χ4v) is 2.81. The van der Waals surface area contributed by atoms with E-state index in [0.717, 1.165) is 31.1 Å². The van der Waals surface area contributed by atoms with Crippen molar-refractivity contribution < 1.29 is 9.84 Å². The van der Waals surface area contributed by atoms with Gasteiger partial charge < -0.3 is 15.2 Å². The van der Waals surface area contributed by atoms with Gasteiger partial charge in [-0.05, 0) is 31.2 Å².